The second kappa shape index (κ2) is 4.52. The average molecular weight is 213 g/mol. The molecule has 5 N–H and O–H groups in total. The van der Waals surface area contributed by atoms with Gasteiger partial charge in [-0.05, 0) is 12.1 Å². The molecule has 0 aliphatic carbocycles. The van der Waals surface area contributed by atoms with Crippen LogP contribution in [0, 0.1) is 0 Å². The molecule has 1 aromatic carbocycles. The Morgan fingerprint density at radius 1 is 1.40 bits per heavy atom. The van der Waals surface area contributed by atoms with Crippen LogP contribution in [0.4, 0.5) is 0 Å². The molecule has 15 heavy (non-hydrogen) atoms. The maximum atomic E-state index is 10.3. The molecule has 0 fully saturated rings. The van der Waals surface area contributed by atoms with Crippen LogP contribution in [-0.2, 0) is 4.79 Å². The van der Waals surface area contributed by atoms with E-state index in [0.717, 1.165) is 0 Å². The Labute approximate surface area is 85.5 Å². The molecule has 0 aliphatic rings. The van der Waals surface area contributed by atoms with E-state index in [1.807, 2.05) is 0 Å². The molecule has 0 aliphatic heterocycles. The predicted octanol–water partition coefficient (Wildman–Crippen LogP) is -0.112. The summed E-state index contributed by atoms with van der Waals surface area (Å²) in [5.41, 5.74) is 5.20. The van der Waals surface area contributed by atoms with Gasteiger partial charge in [-0.1, -0.05) is 0 Å². The number of hydrogen-bond donors (Lipinski definition) is 4. The molecule has 0 bridgehead atoms. The molecule has 82 valence electrons. The summed E-state index contributed by atoms with van der Waals surface area (Å²) in [6, 6.07) is 2.67. The van der Waals surface area contributed by atoms with Gasteiger partial charge in [0.2, 0.25) is 0 Å². The standard InChI is InChI=1S/C9H11NO5/c10-6(9(13)14)4-15-5-1-2-7(11)8(12)3-5/h1-3,6,11-12H,4,10H2,(H,13,14)/t6-/m0/s1. The van der Waals surface area contributed by atoms with Crippen molar-refractivity contribution in [3.05, 3.63) is 18.2 Å². The number of aliphatic carboxylic acids is 1. The van der Waals surface area contributed by atoms with E-state index in [-0.39, 0.29) is 23.9 Å². The lowest BCUT2D eigenvalue weighted by Gasteiger charge is -2.09. The summed E-state index contributed by atoms with van der Waals surface area (Å²) < 4.78 is 4.99. The van der Waals surface area contributed by atoms with Gasteiger partial charge in [0.1, 0.15) is 18.4 Å². The van der Waals surface area contributed by atoms with E-state index in [0.29, 0.717) is 0 Å². The van der Waals surface area contributed by atoms with Crippen LogP contribution >= 0.6 is 0 Å². The summed E-state index contributed by atoms with van der Waals surface area (Å²) in [7, 11) is 0. The molecule has 6 nitrogen and oxygen atoms in total. The summed E-state index contributed by atoms with van der Waals surface area (Å²) in [5, 5.41) is 26.5. The molecule has 0 saturated heterocycles. The molecule has 6 heteroatoms. The third-order valence-corrected chi connectivity index (χ3v) is 1.69. The number of rotatable bonds is 4. The molecule has 0 heterocycles. The summed E-state index contributed by atoms with van der Waals surface area (Å²) >= 11 is 0. The van der Waals surface area contributed by atoms with Crippen LogP contribution in [0.15, 0.2) is 18.2 Å². The Morgan fingerprint density at radius 3 is 2.60 bits per heavy atom. The second-order valence-electron chi connectivity index (χ2n) is 2.91. The van der Waals surface area contributed by atoms with E-state index in [1.165, 1.54) is 18.2 Å². The number of phenolic OH excluding ortho intramolecular Hbond substituents is 2. The molecule has 0 aromatic heterocycles. The SMILES string of the molecule is N[C@@H](COc1ccc(O)c(O)c1)C(=O)O. The maximum Gasteiger partial charge on any atom is 0.324 e. The van der Waals surface area contributed by atoms with Gasteiger partial charge in [0.05, 0.1) is 0 Å². The van der Waals surface area contributed by atoms with Gasteiger partial charge in [-0.2, -0.15) is 0 Å². The van der Waals surface area contributed by atoms with Crippen LogP contribution in [0.25, 0.3) is 0 Å². The van der Waals surface area contributed by atoms with Gasteiger partial charge in [0.15, 0.2) is 11.5 Å². The highest BCUT2D eigenvalue weighted by Crippen LogP contribution is 2.28. The minimum absolute atomic E-state index is 0.209. The highest BCUT2D eigenvalue weighted by molar-refractivity contribution is 5.73. The molecule has 0 saturated carbocycles. The van der Waals surface area contributed by atoms with Crippen LogP contribution < -0.4 is 10.5 Å². The van der Waals surface area contributed by atoms with Gasteiger partial charge >= 0.3 is 5.97 Å². The summed E-state index contributed by atoms with van der Waals surface area (Å²) in [6.45, 7) is -0.209. The Hall–Kier alpha value is -1.95. The van der Waals surface area contributed by atoms with E-state index in [2.05, 4.69) is 0 Å². The van der Waals surface area contributed by atoms with Crippen molar-refractivity contribution in [3.63, 3.8) is 0 Å². The average Bonchev–Trinajstić information content (AvgIpc) is 2.19. The topological polar surface area (TPSA) is 113 Å². The van der Waals surface area contributed by atoms with Gasteiger partial charge in [0, 0.05) is 6.07 Å². The molecule has 0 radical (unpaired) electrons. The zero-order valence-corrected chi connectivity index (χ0v) is 7.75. The smallest absolute Gasteiger partial charge is 0.324 e. The first-order chi connectivity index (χ1) is 7.00. The Balaban J connectivity index is 2.58. The Bertz CT molecular complexity index is 366. The molecule has 0 amide bonds. The fourth-order valence-corrected chi connectivity index (χ4v) is 0.850. The lowest BCUT2D eigenvalue weighted by atomic mass is 10.3. The highest BCUT2D eigenvalue weighted by Gasteiger charge is 2.12. The van der Waals surface area contributed by atoms with Gasteiger partial charge in [-0.15, -0.1) is 0 Å². The van der Waals surface area contributed by atoms with Gasteiger partial charge in [-0.25, -0.2) is 0 Å². The van der Waals surface area contributed by atoms with Gasteiger partial charge in [0.25, 0.3) is 0 Å². The zero-order valence-electron chi connectivity index (χ0n) is 7.75. The number of phenols is 2. The lowest BCUT2D eigenvalue weighted by Crippen LogP contribution is -2.36. The van der Waals surface area contributed by atoms with Crippen molar-refractivity contribution >= 4 is 5.97 Å². The first-order valence-electron chi connectivity index (χ1n) is 4.14. The first-order valence-corrected chi connectivity index (χ1v) is 4.14. The van der Waals surface area contributed by atoms with Crippen molar-refractivity contribution in [2.24, 2.45) is 5.73 Å². The number of aromatic hydroxyl groups is 2. The molecular weight excluding hydrogens is 202 g/mol. The van der Waals surface area contributed by atoms with Gasteiger partial charge in [-0.3, -0.25) is 4.79 Å². The number of carboxylic acids is 1. The Morgan fingerprint density at radius 2 is 2.07 bits per heavy atom. The van der Waals surface area contributed by atoms with Crippen molar-refractivity contribution in [2.45, 2.75) is 6.04 Å². The number of hydrogen-bond acceptors (Lipinski definition) is 5. The number of ether oxygens (including phenoxy) is 1. The molecule has 1 aromatic rings. The Kier molecular flexibility index (Phi) is 3.35. The minimum Gasteiger partial charge on any atom is -0.504 e. The zero-order chi connectivity index (χ0) is 11.4. The van der Waals surface area contributed by atoms with Crippen molar-refractivity contribution < 1.29 is 24.9 Å². The van der Waals surface area contributed by atoms with Crippen LogP contribution in [0.1, 0.15) is 0 Å². The number of carbonyl (C=O) groups is 1. The van der Waals surface area contributed by atoms with E-state index in [4.69, 9.17) is 25.8 Å². The first kappa shape index (κ1) is 11.1. The van der Waals surface area contributed by atoms with E-state index < -0.39 is 12.0 Å². The van der Waals surface area contributed by atoms with E-state index in [9.17, 15) is 4.79 Å². The highest BCUT2D eigenvalue weighted by atomic mass is 16.5. The fraction of sp³-hybridized carbons (Fsp3) is 0.222. The quantitative estimate of drug-likeness (QED) is 0.519. The fourth-order valence-electron chi connectivity index (χ4n) is 0.850. The predicted molar refractivity (Wildman–Crippen MR) is 50.9 cm³/mol. The van der Waals surface area contributed by atoms with E-state index >= 15 is 0 Å². The van der Waals surface area contributed by atoms with Crippen LogP contribution in [0.2, 0.25) is 0 Å². The molecule has 1 rings (SSSR count). The van der Waals surface area contributed by atoms with Crippen LogP contribution in [-0.4, -0.2) is 33.9 Å². The molecule has 1 atom stereocenters. The molecular formula is C9H11NO5. The summed E-state index contributed by atoms with van der Waals surface area (Å²) in [6.07, 6.45) is 0. The van der Waals surface area contributed by atoms with Crippen molar-refractivity contribution in [1.82, 2.24) is 0 Å². The monoisotopic (exact) mass is 213 g/mol. The van der Waals surface area contributed by atoms with Crippen LogP contribution in [0.5, 0.6) is 17.2 Å². The van der Waals surface area contributed by atoms with Crippen molar-refractivity contribution in [1.29, 1.82) is 0 Å². The third-order valence-electron chi connectivity index (χ3n) is 1.69. The van der Waals surface area contributed by atoms with Crippen molar-refractivity contribution in [2.75, 3.05) is 6.61 Å². The number of carboxylic acid groups (broad SMARTS) is 1. The van der Waals surface area contributed by atoms with E-state index in [1.54, 1.807) is 0 Å². The third kappa shape index (κ3) is 3.03. The maximum absolute atomic E-state index is 10.3. The van der Waals surface area contributed by atoms with Crippen molar-refractivity contribution in [3.8, 4) is 17.2 Å². The largest absolute Gasteiger partial charge is 0.504 e. The second-order valence-corrected chi connectivity index (χ2v) is 2.91. The summed E-state index contributed by atoms with van der Waals surface area (Å²) in [4.78, 5) is 10.3. The van der Waals surface area contributed by atoms with Gasteiger partial charge < -0.3 is 25.8 Å². The minimum atomic E-state index is -1.17. The normalized spacial score (nSPS) is 12.1. The van der Waals surface area contributed by atoms with Crippen LogP contribution in [0.3, 0.4) is 0 Å². The number of nitrogens with two attached hydrogens (primary N) is 1. The summed E-state index contributed by atoms with van der Waals surface area (Å²) in [5.74, 6) is -1.54. The number of benzene rings is 1. The molecule has 0 unspecified atom stereocenters. The lowest BCUT2D eigenvalue weighted by molar-refractivity contribution is -0.139. The molecule has 0 spiro atoms.